The highest BCUT2D eigenvalue weighted by atomic mass is 16.5. The first-order valence-corrected chi connectivity index (χ1v) is 7.82. The molecule has 0 spiro atoms. The molecule has 118 valence electrons. The monoisotopic (exact) mass is 316 g/mol. The summed E-state index contributed by atoms with van der Waals surface area (Å²) in [7, 11) is 3.76. The number of rotatable bonds is 2. The smallest absolute Gasteiger partial charge is 0.119 e. The predicted octanol–water partition coefficient (Wildman–Crippen LogP) is 3.98. The van der Waals surface area contributed by atoms with Gasteiger partial charge in [0.05, 0.1) is 41.9 Å². The Morgan fingerprint density at radius 1 is 1.08 bits per heavy atom. The Labute approximate surface area is 138 Å². The number of aromatic amines is 1. The van der Waals surface area contributed by atoms with Gasteiger partial charge < -0.3 is 14.3 Å². The van der Waals surface area contributed by atoms with Crippen molar-refractivity contribution in [2.45, 2.75) is 0 Å². The molecule has 5 heteroatoms. The molecule has 0 unspecified atom stereocenters. The third-order valence-corrected chi connectivity index (χ3v) is 4.66. The first-order chi connectivity index (χ1) is 11.7. The molecule has 0 aliphatic carbocycles. The molecule has 0 aliphatic heterocycles. The van der Waals surface area contributed by atoms with Gasteiger partial charge in [-0.1, -0.05) is 0 Å². The Morgan fingerprint density at radius 3 is 2.88 bits per heavy atom. The summed E-state index contributed by atoms with van der Waals surface area (Å²) in [6.45, 7) is 0. The van der Waals surface area contributed by atoms with Crippen LogP contribution in [0.3, 0.4) is 0 Å². The van der Waals surface area contributed by atoms with Gasteiger partial charge in [-0.25, -0.2) is 4.98 Å². The molecule has 0 radical (unpaired) electrons. The summed E-state index contributed by atoms with van der Waals surface area (Å²) in [5, 5.41) is 1.17. The SMILES string of the molecule is COc1ccc2c(c1)c(-c1cc3c(ccc4cncn43)[nH]1)cn2C. The van der Waals surface area contributed by atoms with Gasteiger partial charge in [-0.2, -0.15) is 0 Å². The second kappa shape index (κ2) is 4.64. The topological polar surface area (TPSA) is 47.2 Å². The lowest BCUT2D eigenvalue weighted by Crippen LogP contribution is -1.84. The highest BCUT2D eigenvalue weighted by Gasteiger charge is 2.13. The lowest BCUT2D eigenvalue weighted by molar-refractivity contribution is 0.415. The number of fused-ring (bicyclic) bond motifs is 4. The molecule has 0 atom stereocenters. The Morgan fingerprint density at radius 2 is 2.00 bits per heavy atom. The zero-order valence-corrected chi connectivity index (χ0v) is 13.4. The van der Waals surface area contributed by atoms with Gasteiger partial charge in [0.15, 0.2) is 0 Å². The molecule has 1 aromatic carbocycles. The minimum atomic E-state index is 0.864. The van der Waals surface area contributed by atoms with Crippen molar-refractivity contribution in [3.05, 3.63) is 55.1 Å². The van der Waals surface area contributed by atoms with Crippen LogP contribution in [0.15, 0.2) is 55.1 Å². The number of aromatic nitrogens is 4. The molecule has 4 aromatic heterocycles. The average Bonchev–Trinajstić information content (AvgIpc) is 3.30. The number of H-pyrrole nitrogens is 1. The summed E-state index contributed by atoms with van der Waals surface area (Å²) in [5.41, 5.74) is 6.74. The number of ether oxygens (including phenoxy) is 1. The molecule has 4 heterocycles. The lowest BCUT2D eigenvalue weighted by Gasteiger charge is -2.01. The third kappa shape index (κ3) is 1.72. The van der Waals surface area contributed by atoms with Crippen LogP contribution in [0.25, 0.3) is 38.7 Å². The molecule has 1 N–H and O–H groups in total. The first-order valence-electron chi connectivity index (χ1n) is 7.82. The first kappa shape index (κ1) is 13.2. The van der Waals surface area contributed by atoms with Gasteiger partial charge in [0, 0.05) is 29.7 Å². The standard InChI is InChI=1S/C19H16N4O/c1-22-10-15(14-7-13(24-2)4-6-18(14)22)17-8-19-16(21-17)5-3-12-9-20-11-23(12)19/h3-11,21H,1-2H3. The van der Waals surface area contributed by atoms with Crippen molar-refractivity contribution in [2.75, 3.05) is 7.11 Å². The largest absolute Gasteiger partial charge is 0.497 e. The molecular formula is C19H16N4O. The van der Waals surface area contributed by atoms with Crippen LogP contribution in [-0.2, 0) is 7.05 Å². The fourth-order valence-corrected chi connectivity index (χ4v) is 3.44. The van der Waals surface area contributed by atoms with Crippen LogP contribution >= 0.6 is 0 Å². The van der Waals surface area contributed by atoms with Gasteiger partial charge in [-0.15, -0.1) is 0 Å². The molecule has 5 nitrogen and oxygen atoms in total. The summed E-state index contributed by atoms with van der Waals surface area (Å²) < 4.78 is 9.64. The van der Waals surface area contributed by atoms with Gasteiger partial charge in [-0.3, -0.25) is 4.40 Å². The van der Waals surface area contributed by atoms with E-state index in [0.29, 0.717) is 0 Å². The van der Waals surface area contributed by atoms with Gasteiger partial charge in [0.1, 0.15) is 5.75 Å². The van der Waals surface area contributed by atoms with E-state index in [2.05, 4.69) is 62.5 Å². The van der Waals surface area contributed by atoms with Crippen LogP contribution in [0, 0.1) is 0 Å². The summed E-state index contributed by atoms with van der Waals surface area (Å²) in [4.78, 5) is 7.77. The highest BCUT2D eigenvalue weighted by Crippen LogP contribution is 2.34. The van der Waals surface area contributed by atoms with Crippen molar-refractivity contribution in [3.63, 3.8) is 0 Å². The minimum Gasteiger partial charge on any atom is -0.497 e. The number of methoxy groups -OCH3 is 1. The fourth-order valence-electron chi connectivity index (χ4n) is 3.44. The van der Waals surface area contributed by atoms with Crippen molar-refractivity contribution < 1.29 is 4.74 Å². The van der Waals surface area contributed by atoms with E-state index in [4.69, 9.17) is 4.74 Å². The van der Waals surface area contributed by atoms with Crippen molar-refractivity contribution in [3.8, 4) is 17.0 Å². The van der Waals surface area contributed by atoms with Crippen molar-refractivity contribution in [1.29, 1.82) is 0 Å². The predicted molar refractivity (Wildman–Crippen MR) is 95.5 cm³/mol. The Bertz CT molecular complexity index is 1210. The molecule has 0 saturated carbocycles. The lowest BCUT2D eigenvalue weighted by atomic mass is 10.1. The van der Waals surface area contributed by atoms with Crippen LogP contribution in [0.1, 0.15) is 0 Å². The molecule has 0 aliphatic rings. The molecule has 5 aromatic rings. The molecule has 0 bridgehead atoms. The van der Waals surface area contributed by atoms with Gasteiger partial charge >= 0.3 is 0 Å². The van der Waals surface area contributed by atoms with Crippen LogP contribution in [-0.4, -0.2) is 26.0 Å². The van der Waals surface area contributed by atoms with E-state index in [9.17, 15) is 0 Å². The fraction of sp³-hybridized carbons (Fsp3) is 0.105. The summed E-state index contributed by atoms with van der Waals surface area (Å²) in [6.07, 6.45) is 5.87. The normalized spacial score (nSPS) is 11.8. The zero-order valence-electron chi connectivity index (χ0n) is 13.4. The maximum atomic E-state index is 5.40. The quantitative estimate of drug-likeness (QED) is 0.535. The summed E-state index contributed by atoms with van der Waals surface area (Å²) >= 11 is 0. The van der Waals surface area contributed by atoms with E-state index in [1.807, 2.05) is 18.6 Å². The summed E-state index contributed by atoms with van der Waals surface area (Å²) in [6, 6.07) is 12.5. The number of hydrogen-bond acceptors (Lipinski definition) is 2. The molecule has 0 saturated heterocycles. The number of aryl methyl sites for hydroxylation is 1. The van der Waals surface area contributed by atoms with E-state index in [1.54, 1.807) is 7.11 Å². The Balaban J connectivity index is 1.81. The second-order valence-corrected chi connectivity index (χ2v) is 6.04. The van der Waals surface area contributed by atoms with Crippen LogP contribution < -0.4 is 4.74 Å². The van der Waals surface area contributed by atoms with E-state index < -0.39 is 0 Å². The third-order valence-electron chi connectivity index (χ3n) is 4.66. The zero-order chi connectivity index (χ0) is 16.3. The van der Waals surface area contributed by atoms with Crippen LogP contribution in [0.2, 0.25) is 0 Å². The van der Waals surface area contributed by atoms with Crippen molar-refractivity contribution in [2.24, 2.45) is 7.05 Å². The molecule has 0 amide bonds. The molecular weight excluding hydrogens is 300 g/mol. The number of nitrogens with zero attached hydrogens (tertiary/aromatic N) is 3. The maximum Gasteiger partial charge on any atom is 0.119 e. The van der Waals surface area contributed by atoms with Gasteiger partial charge in [0.25, 0.3) is 0 Å². The van der Waals surface area contributed by atoms with Crippen LogP contribution in [0.5, 0.6) is 5.75 Å². The highest BCUT2D eigenvalue weighted by molar-refractivity contribution is 5.98. The van der Waals surface area contributed by atoms with E-state index >= 15 is 0 Å². The number of nitrogens with one attached hydrogen (secondary N) is 1. The Kier molecular flexibility index (Phi) is 2.56. The average molecular weight is 316 g/mol. The number of pyridine rings is 1. The molecule has 0 fully saturated rings. The van der Waals surface area contributed by atoms with E-state index in [1.165, 1.54) is 10.9 Å². The van der Waals surface area contributed by atoms with Crippen LogP contribution in [0.4, 0.5) is 0 Å². The van der Waals surface area contributed by atoms with Crippen molar-refractivity contribution in [1.82, 2.24) is 18.9 Å². The van der Waals surface area contributed by atoms with E-state index in [-0.39, 0.29) is 0 Å². The minimum absolute atomic E-state index is 0.864. The maximum absolute atomic E-state index is 5.40. The number of hydrogen-bond donors (Lipinski definition) is 1. The summed E-state index contributed by atoms with van der Waals surface area (Å²) in [5.74, 6) is 0.864. The van der Waals surface area contributed by atoms with Gasteiger partial charge in [0.2, 0.25) is 0 Å². The van der Waals surface area contributed by atoms with Gasteiger partial charge in [-0.05, 0) is 36.4 Å². The molecule has 24 heavy (non-hydrogen) atoms. The number of imidazole rings is 1. The van der Waals surface area contributed by atoms with Crippen molar-refractivity contribution >= 4 is 27.5 Å². The molecule has 5 rings (SSSR count). The Hall–Kier alpha value is -3.21. The number of benzene rings is 1. The van der Waals surface area contributed by atoms with E-state index in [0.717, 1.165) is 33.6 Å². The second-order valence-electron chi connectivity index (χ2n) is 6.04.